The van der Waals surface area contributed by atoms with Crippen LogP contribution in [-0.4, -0.2) is 55.4 Å². The van der Waals surface area contributed by atoms with Crippen molar-refractivity contribution in [3.63, 3.8) is 0 Å². The number of sulfonamides is 1. The van der Waals surface area contributed by atoms with Crippen LogP contribution in [0, 0.1) is 0 Å². The number of nitrogens with zero attached hydrogens (tertiary/aromatic N) is 1. The van der Waals surface area contributed by atoms with Crippen LogP contribution in [0.1, 0.15) is 13.3 Å². The average Bonchev–Trinajstić information content (AvgIpc) is 2.44. The van der Waals surface area contributed by atoms with Gasteiger partial charge in [-0.05, 0) is 13.3 Å². The maximum atomic E-state index is 11.8. The van der Waals surface area contributed by atoms with Crippen LogP contribution in [0.4, 0.5) is 0 Å². The Balaban J connectivity index is 2.79. The van der Waals surface area contributed by atoms with E-state index in [1.807, 2.05) is 0 Å². The smallest absolute Gasteiger partial charge is 0.323 e. The van der Waals surface area contributed by atoms with Crippen molar-refractivity contribution in [2.24, 2.45) is 0 Å². The first-order chi connectivity index (χ1) is 6.96. The second-order valence-corrected chi connectivity index (χ2v) is 5.64. The topological polar surface area (TPSA) is 83.9 Å². The molecule has 1 rings (SSSR count). The summed E-state index contributed by atoms with van der Waals surface area (Å²) in [5.41, 5.74) is 0. The zero-order valence-electron chi connectivity index (χ0n) is 8.55. The molecule has 0 saturated carbocycles. The normalized spacial score (nSPS) is 21.9. The third-order valence-corrected chi connectivity index (χ3v) is 4.52. The highest BCUT2D eigenvalue weighted by Gasteiger charge is 2.33. The van der Waals surface area contributed by atoms with Gasteiger partial charge in [0.05, 0.1) is 6.61 Å². The second-order valence-electron chi connectivity index (χ2n) is 3.39. The first-order valence-electron chi connectivity index (χ1n) is 4.76. The maximum absolute atomic E-state index is 11.8. The molecule has 0 aromatic carbocycles. The highest BCUT2D eigenvalue weighted by atomic mass is 32.2. The number of hydrogen-bond donors (Lipinski definition) is 1. The van der Waals surface area contributed by atoms with E-state index in [4.69, 9.17) is 9.84 Å². The molecule has 1 saturated heterocycles. The fourth-order valence-electron chi connectivity index (χ4n) is 1.33. The summed E-state index contributed by atoms with van der Waals surface area (Å²) in [5, 5.41) is 7.29. The number of carboxylic acid groups (broad SMARTS) is 1. The first kappa shape index (κ1) is 12.4. The molecule has 88 valence electrons. The summed E-state index contributed by atoms with van der Waals surface area (Å²) in [6.07, 6.45) is 0.603. The van der Waals surface area contributed by atoms with Crippen molar-refractivity contribution in [2.45, 2.75) is 18.6 Å². The van der Waals surface area contributed by atoms with E-state index in [1.54, 1.807) is 0 Å². The van der Waals surface area contributed by atoms with Gasteiger partial charge in [0.1, 0.15) is 0 Å². The van der Waals surface area contributed by atoms with E-state index < -0.39 is 21.2 Å². The number of carbonyl (C=O) groups is 1. The van der Waals surface area contributed by atoms with E-state index in [2.05, 4.69) is 0 Å². The molecule has 0 radical (unpaired) electrons. The summed E-state index contributed by atoms with van der Waals surface area (Å²) in [6, 6.07) is 0. The van der Waals surface area contributed by atoms with E-state index in [0.29, 0.717) is 26.2 Å². The highest BCUT2D eigenvalue weighted by Crippen LogP contribution is 2.11. The molecule has 7 heteroatoms. The van der Waals surface area contributed by atoms with Crippen LogP contribution in [-0.2, 0) is 19.6 Å². The molecule has 1 N–H and O–H groups in total. The van der Waals surface area contributed by atoms with Crippen molar-refractivity contribution in [3.8, 4) is 0 Å². The number of ether oxygens (including phenoxy) is 1. The van der Waals surface area contributed by atoms with Crippen LogP contribution in [0.15, 0.2) is 0 Å². The van der Waals surface area contributed by atoms with Gasteiger partial charge in [-0.1, -0.05) is 0 Å². The molecule has 1 unspecified atom stereocenters. The molecular formula is C8H15NO5S. The van der Waals surface area contributed by atoms with Gasteiger partial charge in [0.25, 0.3) is 0 Å². The van der Waals surface area contributed by atoms with Crippen LogP contribution in [0.3, 0.4) is 0 Å². The van der Waals surface area contributed by atoms with Gasteiger partial charge in [0.2, 0.25) is 10.0 Å². The van der Waals surface area contributed by atoms with Gasteiger partial charge in [-0.2, -0.15) is 4.31 Å². The van der Waals surface area contributed by atoms with Crippen LogP contribution in [0.2, 0.25) is 0 Å². The first-order valence-corrected chi connectivity index (χ1v) is 6.26. The lowest BCUT2D eigenvalue weighted by molar-refractivity contribution is -0.136. The van der Waals surface area contributed by atoms with Gasteiger partial charge in [-0.25, -0.2) is 8.42 Å². The van der Waals surface area contributed by atoms with Crippen molar-refractivity contribution in [3.05, 3.63) is 0 Å². The lowest BCUT2D eigenvalue weighted by Gasteiger charge is -2.21. The van der Waals surface area contributed by atoms with Crippen molar-refractivity contribution in [1.82, 2.24) is 4.31 Å². The van der Waals surface area contributed by atoms with Crippen molar-refractivity contribution in [1.29, 1.82) is 0 Å². The third kappa shape index (κ3) is 2.90. The molecule has 15 heavy (non-hydrogen) atoms. The maximum Gasteiger partial charge on any atom is 0.323 e. The number of aliphatic carboxylic acids is 1. The van der Waals surface area contributed by atoms with Crippen molar-refractivity contribution in [2.75, 3.05) is 26.3 Å². The third-order valence-electron chi connectivity index (χ3n) is 2.34. The Hall–Kier alpha value is -0.660. The Morgan fingerprint density at radius 1 is 1.40 bits per heavy atom. The van der Waals surface area contributed by atoms with Crippen LogP contribution in [0.25, 0.3) is 0 Å². The van der Waals surface area contributed by atoms with E-state index in [0.717, 1.165) is 0 Å². The molecule has 0 aliphatic carbocycles. The van der Waals surface area contributed by atoms with E-state index in [-0.39, 0.29) is 6.54 Å². The quantitative estimate of drug-likeness (QED) is 0.716. The van der Waals surface area contributed by atoms with Gasteiger partial charge in [-0.15, -0.1) is 0 Å². The lowest BCUT2D eigenvalue weighted by Crippen LogP contribution is -2.42. The molecule has 0 spiro atoms. The molecule has 0 amide bonds. The van der Waals surface area contributed by atoms with Crippen LogP contribution < -0.4 is 0 Å². The van der Waals surface area contributed by atoms with E-state index in [9.17, 15) is 13.2 Å². The molecule has 0 aromatic heterocycles. The van der Waals surface area contributed by atoms with Gasteiger partial charge >= 0.3 is 5.97 Å². The SMILES string of the molecule is CC(C(=O)O)S(=O)(=O)N1CCCOCC1. The lowest BCUT2D eigenvalue weighted by atomic mass is 10.5. The number of carboxylic acids is 1. The van der Waals surface area contributed by atoms with Gasteiger partial charge in [0.15, 0.2) is 5.25 Å². The molecule has 0 aromatic rings. The molecular weight excluding hydrogens is 222 g/mol. The largest absolute Gasteiger partial charge is 0.480 e. The zero-order valence-corrected chi connectivity index (χ0v) is 9.37. The standard InChI is InChI=1S/C8H15NO5S/c1-7(8(10)11)15(12,13)9-3-2-5-14-6-4-9/h7H,2-6H2,1H3,(H,10,11). The summed E-state index contributed by atoms with van der Waals surface area (Å²) >= 11 is 0. The monoisotopic (exact) mass is 237 g/mol. The number of rotatable bonds is 3. The summed E-state index contributed by atoms with van der Waals surface area (Å²) in [5.74, 6) is -1.32. The Morgan fingerprint density at radius 2 is 2.07 bits per heavy atom. The molecule has 1 aliphatic rings. The second kappa shape index (κ2) is 4.91. The minimum atomic E-state index is -3.73. The predicted octanol–water partition coefficient (Wildman–Crippen LogP) is -0.488. The molecule has 1 aliphatic heterocycles. The summed E-state index contributed by atoms with van der Waals surface area (Å²) in [7, 11) is -3.73. The summed E-state index contributed by atoms with van der Waals surface area (Å²) in [6.45, 7) is 2.60. The molecule has 0 bridgehead atoms. The molecule has 1 heterocycles. The van der Waals surface area contributed by atoms with E-state index >= 15 is 0 Å². The van der Waals surface area contributed by atoms with Gasteiger partial charge in [0, 0.05) is 19.7 Å². The number of hydrogen-bond acceptors (Lipinski definition) is 4. The fourth-order valence-corrected chi connectivity index (χ4v) is 2.74. The Bertz CT molecular complexity index is 318. The van der Waals surface area contributed by atoms with Crippen molar-refractivity contribution >= 4 is 16.0 Å². The molecule has 1 fully saturated rings. The van der Waals surface area contributed by atoms with Gasteiger partial charge < -0.3 is 9.84 Å². The molecule has 1 atom stereocenters. The highest BCUT2D eigenvalue weighted by molar-refractivity contribution is 7.90. The Labute approximate surface area is 88.9 Å². The van der Waals surface area contributed by atoms with E-state index in [1.165, 1.54) is 11.2 Å². The van der Waals surface area contributed by atoms with Crippen LogP contribution >= 0.6 is 0 Å². The van der Waals surface area contributed by atoms with Crippen LogP contribution in [0.5, 0.6) is 0 Å². The summed E-state index contributed by atoms with van der Waals surface area (Å²) in [4.78, 5) is 10.6. The average molecular weight is 237 g/mol. The fraction of sp³-hybridized carbons (Fsp3) is 0.875. The Kier molecular flexibility index (Phi) is 4.06. The molecule has 6 nitrogen and oxygen atoms in total. The zero-order chi connectivity index (χ0) is 11.5. The Morgan fingerprint density at radius 3 is 2.67 bits per heavy atom. The van der Waals surface area contributed by atoms with Crippen molar-refractivity contribution < 1.29 is 23.1 Å². The van der Waals surface area contributed by atoms with Gasteiger partial charge in [-0.3, -0.25) is 4.79 Å². The minimum Gasteiger partial charge on any atom is -0.480 e. The minimum absolute atomic E-state index is 0.236. The summed E-state index contributed by atoms with van der Waals surface area (Å²) < 4.78 is 29.8. The predicted molar refractivity (Wildman–Crippen MR) is 53.0 cm³/mol.